The van der Waals surface area contributed by atoms with Crippen LogP contribution in [0.5, 0.6) is 0 Å². The molecule has 0 saturated heterocycles. The molecule has 0 spiro atoms. The van der Waals surface area contributed by atoms with E-state index in [1.54, 1.807) is 11.0 Å². The fourth-order valence-electron chi connectivity index (χ4n) is 1.99. The van der Waals surface area contributed by atoms with E-state index in [0.717, 1.165) is 16.7 Å². The molecule has 0 unspecified atom stereocenters. The van der Waals surface area contributed by atoms with Crippen LogP contribution in [0.3, 0.4) is 0 Å². The number of rotatable bonds is 3. The van der Waals surface area contributed by atoms with Crippen LogP contribution in [0.25, 0.3) is 11.8 Å². The molecule has 3 rings (SSSR count). The summed E-state index contributed by atoms with van der Waals surface area (Å²) in [6.45, 7) is 0. The molecule has 0 amide bonds. The van der Waals surface area contributed by atoms with Gasteiger partial charge in [-0.1, -0.05) is 47.5 Å². The standard InChI is InChI=1S/C16H11Cl2N3.ClH/c17-14-5-1-12(2-6-14)16(9-21-11-19-10-20-21)13-3-7-15(18)8-4-13;/h1-11H;1H. The van der Waals surface area contributed by atoms with Gasteiger partial charge in [0.2, 0.25) is 0 Å². The maximum atomic E-state index is 5.96. The van der Waals surface area contributed by atoms with E-state index >= 15 is 0 Å². The van der Waals surface area contributed by atoms with Gasteiger partial charge in [0.05, 0.1) is 0 Å². The van der Waals surface area contributed by atoms with E-state index in [0.29, 0.717) is 10.0 Å². The summed E-state index contributed by atoms with van der Waals surface area (Å²) in [5, 5.41) is 5.53. The van der Waals surface area contributed by atoms with Crippen molar-refractivity contribution in [3.05, 3.63) is 82.4 Å². The van der Waals surface area contributed by atoms with Crippen molar-refractivity contribution in [2.75, 3.05) is 0 Å². The van der Waals surface area contributed by atoms with Crippen LogP contribution in [0.2, 0.25) is 10.0 Å². The second-order valence-corrected chi connectivity index (χ2v) is 5.30. The van der Waals surface area contributed by atoms with Gasteiger partial charge in [0, 0.05) is 21.8 Å². The fraction of sp³-hybridized carbons (Fsp3) is 0. The zero-order chi connectivity index (χ0) is 14.7. The molecule has 6 heteroatoms. The minimum Gasteiger partial charge on any atom is -0.228 e. The second-order valence-electron chi connectivity index (χ2n) is 4.43. The average Bonchev–Trinajstić information content (AvgIpc) is 3.00. The van der Waals surface area contributed by atoms with E-state index in [1.807, 2.05) is 54.7 Å². The highest BCUT2D eigenvalue weighted by molar-refractivity contribution is 6.31. The fourth-order valence-corrected chi connectivity index (χ4v) is 2.24. The third-order valence-corrected chi connectivity index (χ3v) is 3.51. The summed E-state index contributed by atoms with van der Waals surface area (Å²) in [6, 6.07) is 15.3. The lowest BCUT2D eigenvalue weighted by Gasteiger charge is -2.09. The Morgan fingerprint density at radius 1 is 0.864 bits per heavy atom. The topological polar surface area (TPSA) is 30.7 Å². The van der Waals surface area contributed by atoms with Crippen molar-refractivity contribution in [3.63, 3.8) is 0 Å². The van der Waals surface area contributed by atoms with Crippen molar-refractivity contribution in [2.45, 2.75) is 0 Å². The smallest absolute Gasteiger partial charge is 0.138 e. The Balaban J connectivity index is 0.00000176. The van der Waals surface area contributed by atoms with Crippen LogP contribution in [0.15, 0.2) is 61.2 Å². The molecule has 0 fully saturated rings. The highest BCUT2D eigenvalue weighted by Crippen LogP contribution is 2.26. The number of nitrogens with zero attached hydrogens (tertiary/aromatic N) is 3. The minimum atomic E-state index is 0. The molecule has 1 heterocycles. The minimum absolute atomic E-state index is 0. The van der Waals surface area contributed by atoms with Gasteiger partial charge in [-0.25, -0.2) is 9.67 Å². The lowest BCUT2D eigenvalue weighted by Crippen LogP contribution is -1.93. The van der Waals surface area contributed by atoms with Gasteiger partial charge in [0.15, 0.2) is 0 Å². The number of hydrogen-bond acceptors (Lipinski definition) is 2. The van der Waals surface area contributed by atoms with Crippen LogP contribution in [0.1, 0.15) is 11.1 Å². The van der Waals surface area contributed by atoms with E-state index in [9.17, 15) is 0 Å². The molecule has 2 aromatic carbocycles. The Kier molecular flexibility index (Phi) is 5.61. The first-order valence-corrected chi connectivity index (χ1v) is 7.06. The van der Waals surface area contributed by atoms with Crippen molar-refractivity contribution in [1.82, 2.24) is 14.8 Å². The van der Waals surface area contributed by atoms with E-state index in [-0.39, 0.29) is 12.4 Å². The van der Waals surface area contributed by atoms with Crippen molar-refractivity contribution in [2.24, 2.45) is 0 Å². The van der Waals surface area contributed by atoms with Crippen LogP contribution in [-0.4, -0.2) is 14.8 Å². The quantitative estimate of drug-likeness (QED) is 0.660. The van der Waals surface area contributed by atoms with Gasteiger partial charge in [0.1, 0.15) is 12.7 Å². The number of aromatic nitrogens is 3. The molecule has 3 nitrogen and oxygen atoms in total. The average molecular weight is 353 g/mol. The zero-order valence-corrected chi connectivity index (χ0v) is 13.7. The molecule has 0 aliphatic carbocycles. The van der Waals surface area contributed by atoms with Gasteiger partial charge < -0.3 is 0 Å². The molecule has 0 radical (unpaired) electrons. The molecule has 0 atom stereocenters. The highest BCUT2D eigenvalue weighted by atomic mass is 35.5. The molecule has 3 aromatic rings. The Morgan fingerprint density at radius 2 is 1.36 bits per heavy atom. The van der Waals surface area contributed by atoms with Gasteiger partial charge in [0.25, 0.3) is 0 Å². The highest BCUT2D eigenvalue weighted by Gasteiger charge is 2.06. The molecule has 0 aliphatic rings. The zero-order valence-electron chi connectivity index (χ0n) is 11.4. The Bertz CT molecular complexity index is 701. The summed E-state index contributed by atoms with van der Waals surface area (Å²) in [7, 11) is 0. The lowest BCUT2D eigenvalue weighted by molar-refractivity contribution is 0.935. The van der Waals surface area contributed by atoms with Gasteiger partial charge in [-0.2, -0.15) is 5.10 Å². The molecule has 0 saturated carbocycles. The van der Waals surface area contributed by atoms with Crippen molar-refractivity contribution >= 4 is 47.4 Å². The van der Waals surface area contributed by atoms with Gasteiger partial charge in [-0.3, -0.25) is 0 Å². The molecular weight excluding hydrogens is 341 g/mol. The first-order valence-electron chi connectivity index (χ1n) is 6.30. The summed E-state index contributed by atoms with van der Waals surface area (Å²) >= 11 is 11.9. The van der Waals surface area contributed by atoms with Gasteiger partial charge in [-0.15, -0.1) is 12.4 Å². The molecule has 0 bridgehead atoms. The van der Waals surface area contributed by atoms with Gasteiger partial charge in [-0.05, 0) is 35.4 Å². The summed E-state index contributed by atoms with van der Waals surface area (Å²) in [5.41, 5.74) is 3.09. The largest absolute Gasteiger partial charge is 0.228 e. The maximum absolute atomic E-state index is 5.96. The number of benzene rings is 2. The van der Waals surface area contributed by atoms with Crippen LogP contribution in [0, 0.1) is 0 Å². The monoisotopic (exact) mass is 351 g/mol. The van der Waals surface area contributed by atoms with Crippen LogP contribution >= 0.6 is 35.6 Å². The first kappa shape index (κ1) is 16.6. The molecule has 112 valence electrons. The number of hydrogen-bond donors (Lipinski definition) is 0. The Labute approximate surface area is 144 Å². The summed E-state index contributed by atoms with van der Waals surface area (Å²) in [6.07, 6.45) is 5.06. The van der Waals surface area contributed by atoms with Crippen LogP contribution < -0.4 is 0 Å². The van der Waals surface area contributed by atoms with E-state index in [4.69, 9.17) is 23.2 Å². The SMILES string of the molecule is Cl.Clc1ccc(C(=Cn2cncn2)c2ccc(Cl)cc2)cc1. The summed E-state index contributed by atoms with van der Waals surface area (Å²) in [4.78, 5) is 3.96. The molecule has 22 heavy (non-hydrogen) atoms. The van der Waals surface area contributed by atoms with Crippen molar-refractivity contribution < 1.29 is 0 Å². The third kappa shape index (κ3) is 3.89. The predicted molar refractivity (Wildman–Crippen MR) is 93.4 cm³/mol. The predicted octanol–water partition coefficient (Wildman–Crippen LogP) is 5.05. The lowest BCUT2D eigenvalue weighted by atomic mass is 9.99. The van der Waals surface area contributed by atoms with E-state index < -0.39 is 0 Å². The molecule has 0 N–H and O–H groups in total. The molecule has 0 aliphatic heterocycles. The Morgan fingerprint density at radius 3 is 1.77 bits per heavy atom. The van der Waals surface area contributed by atoms with Gasteiger partial charge >= 0.3 is 0 Å². The second kappa shape index (κ2) is 7.45. The number of halogens is 3. The molecule has 1 aromatic heterocycles. The van der Waals surface area contributed by atoms with Crippen molar-refractivity contribution in [1.29, 1.82) is 0 Å². The maximum Gasteiger partial charge on any atom is 0.138 e. The third-order valence-electron chi connectivity index (χ3n) is 3.01. The van der Waals surface area contributed by atoms with E-state index in [1.165, 1.54) is 6.33 Å². The van der Waals surface area contributed by atoms with Crippen molar-refractivity contribution in [3.8, 4) is 0 Å². The Hall–Kier alpha value is -1.81. The summed E-state index contributed by atoms with van der Waals surface area (Å²) in [5.74, 6) is 0. The summed E-state index contributed by atoms with van der Waals surface area (Å²) < 4.78 is 1.67. The normalized spacial score (nSPS) is 9.91. The van der Waals surface area contributed by atoms with Crippen LogP contribution in [-0.2, 0) is 0 Å². The first-order chi connectivity index (χ1) is 10.2. The molecular formula is C16H12Cl3N3. The van der Waals surface area contributed by atoms with E-state index in [2.05, 4.69) is 10.1 Å². The van der Waals surface area contributed by atoms with Crippen LogP contribution in [0.4, 0.5) is 0 Å².